The van der Waals surface area contributed by atoms with Gasteiger partial charge < -0.3 is 14.0 Å². The number of benzene rings is 3. The third-order valence-corrected chi connectivity index (χ3v) is 8.53. The maximum Gasteiger partial charge on any atom is 0.298 e. The highest BCUT2D eigenvalue weighted by Crippen LogP contribution is 2.62. The van der Waals surface area contributed by atoms with Crippen molar-refractivity contribution in [1.82, 2.24) is 5.16 Å². The Morgan fingerprint density at radius 2 is 1.76 bits per heavy atom. The number of aromatic nitrogens is 1. The van der Waals surface area contributed by atoms with E-state index in [-0.39, 0.29) is 17.9 Å². The summed E-state index contributed by atoms with van der Waals surface area (Å²) >= 11 is 19.7. The molecule has 1 heterocycles. The molecule has 2 saturated carbocycles. The molecule has 2 fully saturated rings. The monoisotopic (exact) mass is 567 g/mol. The lowest BCUT2D eigenvalue weighted by atomic mass is 9.92. The molecular weight excluding hydrogens is 545 g/mol. The third-order valence-electron chi connectivity index (χ3n) is 7.59. The molecule has 8 heteroatoms. The standard InChI is InChI=1S/C30H24Cl3NO4/c1-30(14-23(30)18-4-2-5-19(12-18)37-16-35)22-11-10-20(13-26(22)33)36-15-21-28(34-38-29(21)17-8-9-17)27-24(31)6-3-7-25(27)32/h2-7,10-13,16-17,23H,8-9,14-15H2,1H3. The molecular formula is C30H24Cl3NO4. The van der Waals surface area contributed by atoms with E-state index in [0.717, 1.165) is 41.7 Å². The molecule has 4 aromatic rings. The van der Waals surface area contributed by atoms with Gasteiger partial charge in [0.25, 0.3) is 6.47 Å². The van der Waals surface area contributed by atoms with E-state index in [1.807, 2.05) is 30.3 Å². The number of halogens is 3. The highest BCUT2D eigenvalue weighted by Gasteiger charge is 2.53. The van der Waals surface area contributed by atoms with Crippen molar-refractivity contribution in [2.45, 2.75) is 50.0 Å². The van der Waals surface area contributed by atoms with Gasteiger partial charge in [0.2, 0.25) is 0 Å². The second kappa shape index (κ2) is 9.96. The lowest BCUT2D eigenvalue weighted by molar-refractivity contribution is -0.120. The summed E-state index contributed by atoms with van der Waals surface area (Å²) in [6.07, 6.45) is 3.07. The predicted molar refractivity (Wildman–Crippen MR) is 148 cm³/mol. The molecule has 2 aliphatic carbocycles. The van der Waals surface area contributed by atoms with Crippen LogP contribution in [0.25, 0.3) is 11.3 Å². The van der Waals surface area contributed by atoms with Gasteiger partial charge >= 0.3 is 0 Å². The maximum atomic E-state index is 10.7. The van der Waals surface area contributed by atoms with Crippen molar-refractivity contribution in [2.24, 2.45) is 0 Å². The second-order valence-corrected chi connectivity index (χ2v) is 11.4. The lowest BCUT2D eigenvalue weighted by Gasteiger charge is -2.16. The highest BCUT2D eigenvalue weighted by molar-refractivity contribution is 6.39. The number of carbonyl (C=O) groups excluding carboxylic acids is 1. The molecule has 5 nitrogen and oxygen atoms in total. The van der Waals surface area contributed by atoms with Gasteiger partial charge in [-0.05, 0) is 72.7 Å². The van der Waals surface area contributed by atoms with Crippen molar-refractivity contribution < 1.29 is 18.8 Å². The van der Waals surface area contributed by atoms with Crippen LogP contribution in [0.2, 0.25) is 15.1 Å². The van der Waals surface area contributed by atoms with E-state index in [2.05, 4.69) is 18.1 Å². The minimum atomic E-state index is -0.114. The van der Waals surface area contributed by atoms with Crippen LogP contribution in [0.5, 0.6) is 11.5 Å². The van der Waals surface area contributed by atoms with Crippen LogP contribution in [0, 0.1) is 0 Å². The average Bonchev–Trinajstić information content (AvgIpc) is 3.81. The van der Waals surface area contributed by atoms with Gasteiger partial charge in [0.05, 0.1) is 15.6 Å². The fourth-order valence-electron chi connectivity index (χ4n) is 5.26. The van der Waals surface area contributed by atoms with E-state index >= 15 is 0 Å². The maximum absolute atomic E-state index is 10.7. The van der Waals surface area contributed by atoms with Gasteiger partial charge in [-0.1, -0.05) is 71.1 Å². The number of ether oxygens (including phenoxy) is 2. The predicted octanol–water partition coefficient (Wildman–Crippen LogP) is 8.74. The van der Waals surface area contributed by atoms with E-state index in [0.29, 0.717) is 50.2 Å². The summed E-state index contributed by atoms with van der Waals surface area (Å²) in [6, 6.07) is 18.8. The second-order valence-electron chi connectivity index (χ2n) is 10.1. The van der Waals surface area contributed by atoms with Crippen LogP contribution in [-0.2, 0) is 16.8 Å². The Balaban J connectivity index is 1.23. The molecule has 0 saturated heterocycles. The minimum absolute atomic E-state index is 0.114. The number of rotatable bonds is 9. The minimum Gasteiger partial charge on any atom is -0.489 e. The molecule has 3 aromatic carbocycles. The molecule has 194 valence electrons. The van der Waals surface area contributed by atoms with Crippen LogP contribution < -0.4 is 9.47 Å². The Hall–Kier alpha value is -2.99. The van der Waals surface area contributed by atoms with Gasteiger partial charge in [-0.25, -0.2) is 0 Å². The molecule has 0 radical (unpaired) electrons. The zero-order chi connectivity index (χ0) is 26.4. The average molecular weight is 569 g/mol. The van der Waals surface area contributed by atoms with Gasteiger partial charge in [0.1, 0.15) is 29.6 Å². The Labute approximate surface area is 235 Å². The van der Waals surface area contributed by atoms with Gasteiger partial charge in [0.15, 0.2) is 0 Å². The summed E-state index contributed by atoms with van der Waals surface area (Å²) in [5.41, 5.74) is 4.18. The topological polar surface area (TPSA) is 61.6 Å². The van der Waals surface area contributed by atoms with E-state index < -0.39 is 0 Å². The molecule has 1 aromatic heterocycles. The van der Waals surface area contributed by atoms with E-state index in [4.69, 9.17) is 48.8 Å². The summed E-state index contributed by atoms with van der Waals surface area (Å²) in [5, 5.41) is 6.00. The molecule has 0 amide bonds. The first-order chi connectivity index (χ1) is 18.4. The fourth-order valence-corrected chi connectivity index (χ4v) is 6.22. The number of nitrogens with zero attached hydrogens (tertiary/aromatic N) is 1. The SMILES string of the molecule is CC1(c2ccc(OCc3c(-c4c(Cl)cccc4Cl)noc3C3CC3)cc2Cl)CC1c1cccc(OC=O)c1. The Morgan fingerprint density at radius 1 is 1.00 bits per heavy atom. The van der Waals surface area contributed by atoms with Crippen molar-refractivity contribution in [1.29, 1.82) is 0 Å². The van der Waals surface area contributed by atoms with Crippen molar-refractivity contribution in [3.63, 3.8) is 0 Å². The Bertz CT molecular complexity index is 1510. The molecule has 0 spiro atoms. The summed E-state index contributed by atoms with van der Waals surface area (Å²) in [5.74, 6) is 2.64. The van der Waals surface area contributed by atoms with E-state index in [1.165, 1.54) is 0 Å². The zero-order valence-corrected chi connectivity index (χ0v) is 22.8. The third kappa shape index (κ3) is 4.68. The molecule has 0 N–H and O–H groups in total. The summed E-state index contributed by atoms with van der Waals surface area (Å²) in [7, 11) is 0. The molecule has 2 atom stereocenters. The zero-order valence-electron chi connectivity index (χ0n) is 20.5. The van der Waals surface area contributed by atoms with Crippen molar-refractivity contribution in [2.75, 3.05) is 0 Å². The number of hydrogen-bond donors (Lipinski definition) is 0. The van der Waals surface area contributed by atoms with E-state index in [1.54, 1.807) is 24.3 Å². The molecule has 38 heavy (non-hydrogen) atoms. The fraction of sp³-hybridized carbons (Fsp3) is 0.267. The lowest BCUT2D eigenvalue weighted by Crippen LogP contribution is -2.06. The van der Waals surface area contributed by atoms with E-state index in [9.17, 15) is 4.79 Å². The first-order valence-corrected chi connectivity index (χ1v) is 13.6. The van der Waals surface area contributed by atoms with Crippen LogP contribution in [-0.4, -0.2) is 11.6 Å². The molecule has 0 aliphatic heterocycles. The van der Waals surface area contributed by atoms with Crippen LogP contribution in [0.3, 0.4) is 0 Å². The largest absolute Gasteiger partial charge is 0.489 e. The number of carbonyl (C=O) groups is 1. The summed E-state index contributed by atoms with van der Waals surface area (Å²) in [6.45, 7) is 2.90. The van der Waals surface area contributed by atoms with Crippen LogP contribution in [0.4, 0.5) is 0 Å². The first kappa shape index (κ1) is 25.3. The highest BCUT2D eigenvalue weighted by atomic mass is 35.5. The molecule has 6 rings (SSSR count). The normalized spacial score (nSPS) is 20.3. The summed E-state index contributed by atoms with van der Waals surface area (Å²) in [4.78, 5) is 10.7. The van der Waals surface area contributed by atoms with Crippen LogP contribution in [0.1, 0.15) is 60.5 Å². The van der Waals surface area contributed by atoms with Crippen molar-refractivity contribution >= 4 is 41.3 Å². The van der Waals surface area contributed by atoms with Crippen molar-refractivity contribution in [3.8, 4) is 22.8 Å². The quantitative estimate of drug-likeness (QED) is 0.189. The van der Waals surface area contributed by atoms with Crippen LogP contribution >= 0.6 is 34.8 Å². The van der Waals surface area contributed by atoms with Gasteiger partial charge in [-0.15, -0.1) is 0 Å². The van der Waals surface area contributed by atoms with Gasteiger partial charge in [0, 0.05) is 21.9 Å². The Kier molecular flexibility index (Phi) is 6.63. The molecule has 2 aliphatic rings. The Morgan fingerprint density at radius 3 is 2.47 bits per heavy atom. The summed E-state index contributed by atoms with van der Waals surface area (Å²) < 4.78 is 17.0. The molecule has 0 bridgehead atoms. The first-order valence-electron chi connectivity index (χ1n) is 12.4. The van der Waals surface area contributed by atoms with Crippen LogP contribution in [0.15, 0.2) is 65.2 Å². The van der Waals surface area contributed by atoms with Crippen molar-refractivity contribution in [3.05, 3.63) is 98.2 Å². The smallest absolute Gasteiger partial charge is 0.298 e. The number of hydrogen-bond acceptors (Lipinski definition) is 5. The van der Waals surface area contributed by atoms with Gasteiger partial charge in [-0.2, -0.15) is 0 Å². The van der Waals surface area contributed by atoms with Gasteiger partial charge in [-0.3, -0.25) is 4.79 Å². The molecule has 2 unspecified atom stereocenters.